The van der Waals surface area contributed by atoms with Crippen LogP contribution < -0.4 is 15.6 Å². The molecule has 1 aromatic heterocycles. The molecule has 0 spiro atoms. The van der Waals surface area contributed by atoms with Crippen LogP contribution in [0.2, 0.25) is 0 Å². The minimum absolute atomic E-state index is 0.122. The molecule has 0 bridgehead atoms. The lowest BCUT2D eigenvalue weighted by molar-refractivity contribution is -0.163. The van der Waals surface area contributed by atoms with Crippen LogP contribution in [-0.4, -0.2) is 47.6 Å². The number of H-pyrrole nitrogens is 1. The zero-order valence-corrected chi connectivity index (χ0v) is 15.4. The summed E-state index contributed by atoms with van der Waals surface area (Å²) >= 11 is 0. The normalized spacial score (nSPS) is 22.0. The number of nitrogens with zero attached hydrogens (tertiary/aromatic N) is 1. The predicted octanol–water partition coefficient (Wildman–Crippen LogP) is 1.45. The second kappa shape index (κ2) is 7.47. The monoisotopic (exact) mass is 383 g/mol. The van der Waals surface area contributed by atoms with E-state index >= 15 is 0 Å². The molecule has 28 heavy (non-hydrogen) atoms. The predicted molar refractivity (Wildman–Crippen MR) is 101 cm³/mol. The number of morpholine rings is 1. The van der Waals surface area contributed by atoms with Gasteiger partial charge in [-0.1, -0.05) is 12.1 Å². The lowest BCUT2D eigenvalue weighted by Gasteiger charge is -2.40. The molecule has 4 rings (SSSR count). The maximum absolute atomic E-state index is 13.0. The van der Waals surface area contributed by atoms with Crippen LogP contribution in [0.5, 0.6) is 5.75 Å². The summed E-state index contributed by atoms with van der Waals surface area (Å²) in [4.78, 5) is 41.3. The molecule has 1 saturated heterocycles. The average molecular weight is 383 g/mol. The second-order valence-electron chi connectivity index (χ2n) is 6.91. The maximum Gasteiger partial charge on any atom is 0.256 e. The Morgan fingerprint density at radius 3 is 2.61 bits per heavy atom. The third kappa shape index (κ3) is 3.63. The Morgan fingerprint density at radius 2 is 1.96 bits per heavy atom. The lowest BCUT2D eigenvalue weighted by atomic mass is 9.96. The number of ether oxygens (including phenoxy) is 2. The van der Waals surface area contributed by atoms with E-state index in [0.717, 1.165) is 18.4 Å². The van der Waals surface area contributed by atoms with Gasteiger partial charge >= 0.3 is 0 Å². The van der Waals surface area contributed by atoms with Gasteiger partial charge in [-0.15, -0.1) is 0 Å². The molecule has 0 radical (unpaired) electrons. The van der Waals surface area contributed by atoms with Crippen molar-refractivity contribution in [3.63, 3.8) is 0 Å². The highest BCUT2D eigenvalue weighted by Gasteiger charge is 2.47. The summed E-state index contributed by atoms with van der Waals surface area (Å²) < 4.78 is 10.9. The molecule has 1 saturated carbocycles. The quantitative estimate of drug-likeness (QED) is 0.814. The standard InChI is InChI=1S/C20H21N3O5/c1-27-15-6-2-12(3-7-15)18-19(28-11-17(25)23(18)14-4-5-14)20(26)22-13-8-9-21-16(24)10-13/h2-3,6-10,14,18-19H,4-5,11H2,1H3,(H2,21,22,24,26)/t18-,19+/m1/s1. The van der Waals surface area contributed by atoms with Crippen molar-refractivity contribution in [2.75, 3.05) is 19.0 Å². The van der Waals surface area contributed by atoms with Crippen LogP contribution in [0.1, 0.15) is 24.4 Å². The van der Waals surface area contributed by atoms with Crippen LogP contribution in [0.25, 0.3) is 0 Å². The maximum atomic E-state index is 13.0. The summed E-state index contributed by atoms with van der Waals surface area (Å²) in [5.41, 5.74) is 0.858. The van der Waals surface area contributed by atoms with Gasteiger partial charge in [0.25, 0.3) is 5.91 Å². The van der Waals surface area contributed by atoms with Crippen molar-refractivity contribution in [3.8, 4) is 5.75 Å². The number of rotatable bonds is 5. The van der Waals surface area contributed by atoms with Gasteiger partial charge in [0.2, 0.25) is 11.5 Å². The first-order valence-electron chi connectivity index (χ1n) is 9.13. The zero-order chi connectivity index (χ0) is 19.7. The van der Waals surface area contributed by atoms with Gasteiger partial charge in [-0.3, -0.25) is 14.4 Å². The first-order valence-corrected chi connectivity index (χ1v) is 9.13. The Morgan fingerprint density at radius 1 is 1.21 bits per heavy atom. The molecule has 146 valence electrons. The molecule has 2 aromatic rings. The number of carbonyl (C=O) groups excluding carboxylic acids is 2. The Hall–Kier alpha value is -3.13. The average Bonchev–Trinajstić information content (AvgIpc) is 3.52. The van der Waals surface area contributed by atoms with E-state index in [1.54, 1.807) is 30.2 Å². The fourth-order valence-electron chi connectivity index (χ4n) is 3.50. The van der Waals surface area contributed by atoms with Crippen molar-refractivity contribution in [1.82, 2.24) is 9.88 Å². The van der Waals surface area contributed by atoms with Gasteiger partial charge in [-0.25, -0.2) is 0 Å². The Kier molecular flexibility index (Phi) is 4.87. The largest absolute Gasteiger partial charge is 0.497 e. The molecule has 8 nitrogen and oxygen atoms in total. The van der Waals surface area contributed by atoms with Crippen molar-refractivity contribution in [2.45, 2.75) is 31.0 Å². The number of amides is 2. The van der Waals surface area contributed by atoms with Crippen LogP contribution in [0.15, 0.2) is 47.4 Å². The van der Waals surface area contributed by atoms with E-state index in [4.69, 9.17) is 9.47 Å². The molecule has 2 amide bonds. The number of nitrogens with one attached hydrogen (secondary N) is 2. The molecule has 1 aromatic carbocycles. The van der Waals surface area contributed by atoms with Crippen LogP contribution in [-0.2, 0) is 14.3 Å². The van der Waals surface area contributed by atoms with Gasteiger partial charge < -0.3 is 24.7 Å². The Bertz CT molecular complexity index is 935. The fourth-order valence-corrected chi connectivity index (χ4v) is 3.50. The summed E-state index contributed by atoms with van der Waals surface area (Å²) in [5.74, 6) is 0.169. The number of methoxy groups -OCH3 is 1. The molecular formula is C20H21N3O5. The summed E-state index contributed by atoms with van der Waals surface area (Å²) in [6.45, 7) is -0.142. The summed E-state index contributed by atoms with van der Waals surface area (Å²) in [7, 11) is 1.58. The topological polar surface area (TPSA) is 101 Å². The number of carbonyl (C=O) groups is 2. The number of aromatic amines is 1. The van der Waals surface area contributed by atoms with Crippen molar-refractivity contribution in [2.24, 2.45) is 0 Å². The number of hydrogen-bond acceptors (Lipinski definition) is 5. The van der Waals surface area contributed by atoms with Gasteiger partial charge in [0.05, 0.1) is 13.2 Å². The van der Waals surface area contributed by atoms with Gasteiger partial charge in [-0.2, -0.15) is 0 Å². The van der Waals surface area contributed by atoms with E-state index in [1.165, 1.54) is 12.3 Å². The smallest absolute Gasteiger partial charge is 0.256 e. The number of pyridine rings is 1. The lowest BCUT2D eigenvalue weighted by Crippen LogP contribution is -2.53. The van der Waals surface area contributed by atoms with Crippen molar-refractivity contribution in [3.05, 3.63) is 58.5 Å². The van der Waals surface area contributed by atoms with E-state index in [9.17, 15) is 14.4 Å². The number of anilines is 1. The molecular weight excluding hydrogens is 362 g/mol. The minimum atomic E-state index is -0.883. The van der Waals surface area contributed by atoms with E-state index < -0.39 is 18.1 Å². The van der Waals surface area contributed by atoms with Gasteiger partial charge in [-0.05, 0) is 36.6 Å². The summed E-state index contributed by atoms with van der Waals surface area (Å²) in [5, 5.41) is 2.72. The highest BCUT2D eigenvalue weighted by atomic mass is 16.5. The minimum Gasteiger partial charge on any atom is -0.497 e. The zero-order valence-electron chi connectivity index (χ0n) is 15.4. The first kappa shape index (κ1) is 18.2. The third-order valence-corrected chi connectivity index (χ3v) is 4.96. The van der Waals surface area contributed by atoms with Crippen molar-refractivity contribution in [1.29, 1.82) is 0 Å². The molecule has 2 fully saturated rings. The van der Waals surface area contributed by atoms with Gasteiger partial charge in [0.1, 0.15) is 12.4 Å². The molecule has 8 heteroatoms. The second-order valence-corrected chi connectivity index (χ2v) is 6.91. The highest BCUT2D eigenvalue weighted by Crippen LogP contribution is 2.40. The van der Waals surface area contributed by atoms with Crippen LogP contribution in [0, 0.1) is 0 Å². The van der Waals surface area contributed by atoms with Crippen molar-refractivity contribution < 1.29 is 19.1 Å². The van der Waals surface area contributed by atoms with E-state index in [0.29, 0.717) is 11.4 Å². The third-order valence-electron chi connectivity index (χ3n) is 4.96. The molecule has 2 heterocycles. The number of hydrogen-bond donors (Lipinski definition) is 2. The van der Waals surface area contributed by atoms with Crippen LogP contribution in [0.4, 0.5) is 5.69 Å². The van der Waals surface area contributed by atoms with E-state index in [-0.39, 0.29) is 24.1 Å². The molecule has 1 aliphatic heterocycles. The molecule has 1 aliphatic carbocycles. The van der Waals surface area contributed by atoms with Gasteiger partial charge in [0.15, 0.2) is 6.10 Å². The summed E-state index contributed by atoms with van der Waals surface area (Å²) in [6, 6.07) is 9.75. The van der Waals surface area contributed by atoms with Gasteiger partial charge in [0, 0.05) is 24.0 Å². The van der Waals surface area contributed by atoms with Crippen LogP contribution >= 0.6 is 0 Å². The molecule has 2 N–H and O–H groups in total. The Balaban J connectivity index is 1.65. The summed E-state index contributed by atoms with van der Waals surface area (Å²) in [6.07, 6.45) is 2.41. The first-order chi connectivity index (χ1) is 13.6. The molecule has 2 atom stereocenters. The molecule has 2 aliphatic rings. The van der Waals surface area contributed by atoms with Crippen molar-refractivity contribution >= 4 is 17.5 Å². The molecule has 0 unspecified atom stereocenters. The number of aromatic nitrogens is 1. The Labute approximate surface area is 161 Å². The number of benzene rings is 1. The van der Waals surface area contributed by atoms with E-state index in [2.05, 4.69) is 10.3 Å². The highest BCUT2D eigenvalue weighted by molar-refractivity contribution is 5.96. The SMILES string of the molecule is COc1ccc([C@@H]2[C@@H](C(=O)Nc3cc[nH]c(=O)c3)OCC(=O)N2C2CC2)cc1. The fraction of sp³-hybridized carbons (Fsp3) is 0.350. The van der Waals surface area contributed by atoms with Crippen LogP contribution in [0.3, 0.4) is 0 Å². The van der Waals surface area contributed by atoms with E-state index in [1.807, 2.05) is 12.1 Å².